The van der Waals surface area contributed by atoms with E-state index in [4.69, 9.17) is 9.47 Å². The number of rotatable bonds is 4. The molecule has 0 aliphatic carbocycles. The Kier molecular flexibility index (Phi) is 5.02. The fourth-order valence-electron chi connectivity index (χ4n) is 2.23. The molecule has 140 valence electrons. The summed E-state index contributed by atoms with van der Waals surface area (Å²) in [6, 6.07) is 8.59. The summed E-state index contributed by atoms with van der Waals surface area (Å²) in [5, 5.41) is 6.69. The number of anilines is 1. The number of amides is 1. The van der Waals surface area contributed by atoms with Crippen LogP contribution in [0.2, 0.25) is 0 Å². The molecule has 1 amide bonds. The second kappa shape index (κ2) is 7.40. The molecule has 3 aromatic rings. The van der Waals surface area contributed by atoms with Gasteiger partial charge in [-0.15, -0.1) is 0 Å². The minimum Gasteiger partial charge on any atom is -0.444 e. The first-order valence-corrected chi connectivity index (χ1v) is 8.24. The zero-order valence-corrected chi connectivity index (χ0v) is 15.5. The lowest BCUT2D eigenvalue weighted by molar-refractivity contribution is 0.0636. The van der Waals surface area contributed by atoms with Crippen LogP contribution in [0.3, 0.4) is 0 Å². The molecule has 3 rings (SSSR count). The smallest absolute Gasteiger partial charge is 0.412 e. The van der Waals surface area contributed by atoms with Gasteiger partial charge in [-0.2, -0.15) is 5.10 Å². The van der Waals surface area contributed by atoms with E-state index in [1.165, 1.54) is 12.7 Å². The lowest BCUT2D eigenvalue weighted by Gasteiger charge is -2.19. The van der Waals surface area contributed by atoms with Crippen molar-refractivity contribution in [1.82, 2.24) is 24.7 Å². The van der Waals surface area contributed by atoms with E-state index in [0.29, 0.717) is 28.8 Å². The lowest BCUT2D eigenvalue weighted by atomic mass is 10.2. The number of aryl methyl sites for hydroxylation is 1. The molecule has 9 nitrogen and oxygen atoms in total. The molecule has 2 aromatic heterocycles. The van der Waals surface area contributed by atoms with Crippen LogP contribution in [0.1, 0.15) is 20.8 Å². The van der Waals surface area contributed by atoms with Gasteiger partial charge < -0.3 is 9.47 Å². The van der Waals surface area contributed by atoms with Crippen molar-refractivity contribution in [2.45, 2.75) is 26.4 Å². The van der Waals surface area contributed by atoms with E-state index in [1.54, 1.807) is 62.8 Å². The number of nitrogens with one attached hydrogen (secondary N) is 1. The van der Waals surface area contributed by atoms with Gasteiger partial charge in [0.2, 0.25) is 5.88 Å². The van der Waals surface area contributed by atoms with Gasteiger partial charge in [-0.3, -0.25) is 5.32 Å². The van der Waals surface area contributed by atoms with Crippen LogP contribution in [0.15, 0.2) is 43.0 Å². The zero-order chi connectivity index (χ0) is 19.4. The number of aromatic nitrogens is 5. The summed E-state index contributed by atoms with van der Waals surface area (Å²) in [4.78, 5) is 24.3. The normalized spacial score (nSPS) is 11.1. The fraction of sp³-hybridized carbons (Fsp3) is 0.278. The van der Waals surface area contributed by atoms with E-state index in [0.717, 1.165) is 0 Å². The average molecular weight is 368 g/mol. The summed E-state index contributed by atoms with van der Waals surface area (Å²) in [6.45, 7) is 5.40. The maximum Gasteiger partial charge on any atom is 0.412 e. The fourth-order valence-corrected chi connectivity index (χ4v) is 2.23. The summed E-state index contributed by atoms with van der Waals surface area (Å²) in [5.41, 5.74) is 0.558. The average Bonchev–Trinajstić information content (AvgIpc) is 2.99. The molecule has 0 unspecified atom stereocenters. The molecule has 0 aliphatic heterocycles. The van der Waals surface area contributed by atoms with E-state index in [9.17, 15) is 4.79 Å². The predicted octanol–water partition coefficient (Wildman–Crippen LogP) is 3.41. The molecular weight excluding hydrogens is 348 g/mol. The third-order valence-electron chi connectivity index (χ3n) is 3.28. The largest absolute Gasteiger partial charge is 0.444 e. The highest BCUT2D eigenvalue weighted by Crippen LogP contribution is 2.25. The minimum absolute atomic E-state index is 0.345. The molecule has 2 heterocycles. The number of hydrogen-bond donors (Lipinski definition) is 1. The van der Waals surface area contributed by atoms with Crippen molar-refractivity contribution in [2.24, 2.45) is 7.05 Å². The Morgan fingerprint density at radius 1 is 1.11 bits per heavy atom. The van der Waals surface area contributed by atoms with E-state index >= 15 is 0 Å². The van der Waals surface area contributed by atoms with E-state index < -0.39 is 11.7 Å². The SMILES string of the molecule is Cn1ncnc1-c1cc(Oc2cccc(NC(=O)OC(C)(C)C)c2)ncn1. The van der Waals surface area contributed by atoms with Gasteiger partial charge in [0, 0.05) is 24.9 Å². The van der Waals surface area contributed by atoms with Crippen molar-refractivity contribution in [1.29, 1.82) is 0 Å². The minimum atomic E-state index is -0.574. The first-order chi connectivity index (χ1) is 12.8. The predicted molar refractivity (Wildman–Crippen MR) is 98.4 cm³/mol. The third kappa shape index (κ3) is 5.00. The van der Waals surface area contributed by atoms with Gasteiger partial charge in [0.15, 0.2) is 5.82 Å². The molecule has 0 saturated carbocycles. The Hall–Kier alpha value is -3.49. The summed E-state index contributed by atoms with van der Waals surface area (Å²) >= 11 is 0. The van der Waals surface area contributed by atoms with Gasteiger partial charge in [0.05, 0.1) is 0 Å². The van der Waals surface area contributed by atoms with Gasteiger partial charge in [0.1, 0.15) is 29.7 Å². The summed E-state index contributed by atoms with van der Waals surface area (Å²) in [7, 11) is 1.77. The molecule has 1 N–H and O–H groups in total. The van der Waals surface area contributed by atoms with Crippen molar-refractivity contribution in [3.63, 3.8) is 0 Å². The Labute approximate surface area is 156 Å². The van der Waals surface area contributed by atoms with Gasteiger partial charge >= 0.3 is 6.09 Å². The topological polar surface area (TPSA) is 104 Å². The highest BCUT2D eigenvalue weighted by atomic mass is 16.6. The standard InChI is InChI=1S/C18H20N6O3/c1-18(2,3)27-17(25)23-12-6-5-7-13(8-12)26-15-9-14(19-10-20-15)16-21-11-22-24(16)4/h5-11H,1-4H3,(H,23,25). The first-order valence-electron chi connectivity index (χ1n) is 8.24. The Morgan fingerprint density at radius 2 is 1.93 bits per heavy atom. The van der Waals surface area contributed by atoms with E-state index in [-0.39, 0.29) is 0 Å². The molecule has 0 saturated heterocycles. The molecule has 1 aromatic carbocycles. The van der Waals surface area contributed by atoms with Crippen LogP contribution in [0.5, 0.6) is 11.6 Å². The van der Waals surface area contributed by atoms with Crippen molar-refractivity contribution in [2.75, 3.05) is 5.32 Å². The van der Waals surface area contributed by atoms with Gasteiger partial charge in [-0.1, -0.05) is 6.07 Å². The lowest BCUT2D eigenvalue weighted by Crippen LogP contribution is -2.27. The zero-order valence-electron chi connectivity index (χ0n) is 15.5. The van der Waals surface area contributed by atoms with Gasteiger partial charge in [0.25, 0.3) is 0 Å². The second-order valence-electron chi connectivity index (χ2n) is 6.71. The van der Waals surface area contributed by atoms with Crippen LogP contribution < -0.4 is 10.1 Å². The highest BCUT2D eigenvalue weighted by molar-refractivity contribution is 5.85. The van der Waals surface area contributed by atoms with Crippen LogP contribution in [0.25, 0.3) is 11.5 Å². The highest BCUT2D eigenvalue weighted by Gasteiger charge is 2.16. The van der Waals surface area contributed by atoms with Crippen molar-refractivity contribution >= 4 is 11.8 Å². The molecule has 0 spiro atoms. The summed E-state index contributed by atoms with van der Waals surface area (Å²) < 4.78 is 12.6. The van der Waals surface area contributed by atoms with E-state index in [2.05, 4.69) is 25.4 Å². The number of benzene rings is 1. The van der Waals surface area contributed by atoms with Crippen LogP contribution in [0, 0.1) is 0 Å². The number of carbonyl (C=O) groups excluding carboxylic acids is 1. The van der Waals surface area contributed by atoms with Crippen molar-refractivity contribution in [3.8, 4) is 23.1 Å². The Morgan fingerprint density at radius 3 is 2.63 bits per heavy atom. The van der Waals surface area contributed by atoms with Crippen LogP contribution >= 0.6 is 0 Å². The molecule has 0 atom stereocenters. The van der Waals surface area contributed by atoms with E-state index in [1.807, 2.05) is 0 Å². The molecule has 27 heavy (non-hydrogen) atoms. The number of carbonyl (C=O) groups is 1. The Bertz CT molecular complexity index is 948. The summed E-state index contributed by atoms with van der Waals surface area (Å²) in [6.07, 6.45) is 2.30. The van der Waals surface area contributed by atoms with Crippen LogP contribution in [0.4, 0.5) is 10.5 Å². The van der Waals surface area contributed by atoms with Crippen LogP contribution in [-0.4, -0.2) is 36.4 Å². The number of nitrogens with zero attached hydrogens (tertiary/aromatic N) is 5. The molecule has 0 aliphatic rings. The molecule has 9 heteroatoms. The first kappa shape index (κ1) is 18.3. The number of hydrogen-bond acceptors (Lipinski definition) is 7. The maximum absolute atomic E-state index is 11.9. The monoisotopic (exact) mass is 368 g/mol. The Balaban J connectivity index is 1.73. The van der Waals surface area contributed by atoms with Crippen molar-refractivity contribution in [3.05, 3.63) is 43.0 Å². The summed E-state index contributed by atoms with van der Waals surface area (Å²) in [5.74, 6) is 1.45. The molecule has 0 radical (unpaired) electrons. The molecular formula is C18H20N6O3. The molecule has 0 fully saturated rings. The van der Waals surface area contributed by atoms with Crippen molar-refractivity contribution < 1.29 is 14.3 Å². The second-order valence-corrected chi connectivity index (χ2v) is 6.71. The van der Waals surface area contributed by atoms with Gasteiger partial charge in [-0.05, 0) is 32.9 Å². The quantitative estimate of drug-likeness (QED) is 0.752. The maximum atomic E-state index is 11.9. The van der Waals surface area contributed by atoms with Gasteiger partial charge in [-0.25, -0.2) is 24.4 Å². The molecule has 0 bridgehead atoms. The number of ether oxygens (including phenoxy) is 2. The third-order valence-corrected chi connectivity index (χ3v) is 3.28. The van der Waals surface area contributed by atoms with Crippen LogP contribution in [-0.2, 0) is 11.8 Å².